The fourth-order valence-corrected chi connectivity index (χ4v) is 5.73. The summed E-state index contributed by atoms with van der Waals surface area (Å²) in [6.07, 6.45) is 23.1. The maximum absolute atomic E-state index is 12.3. The highest BCUT2D eigenvalue weighted by Gasteiger charge is 2.22. The van der Waals surface area contributed by atoms with Crippen LogP contribution in [-0.4, -0.2) is 51.9 Å². The second kappa shape index (κ2) is 29.8. The van der Waals surface area contributed by atoms with Gasteiger partial charge in [-0.1, -0.05) is 134 Å². The lowest BCUT2D eigenvalue weighted by molar-refractivity contribution is -0.161. The molecule has 254 valence electrons. The molecule has 0 bridgehead atoms. The highest BCUT2D eigenvalue weighted by atomic mass is 32.2. The zero-order chi connectivity index (χ0) is 32.0. The Bertz CT molecular complexity index is 744. The van der Waals surface area contributed by atoms with Crippen LogP contribution in [0.1, 0.15) is 162 Å². The van der Waals surface area contributed by atoms with E-state index >= 15 is 0 Å². The van der Waals surface area contributed by atoms with Gasteiger partial charge in [0.05, 0.1) is 6.61 Å². The molecule has 2 N–H and O–H groups in total. The van der Waals surface area contributed by atoms with Crippen molar-refractivity contribution >= 4 is 36.6 Å². The summed E-state index contributed by atoms with van der Waals surface area (Å²) in [5.74, 6) is -0.0101. The summed E-state index contributed by atoms with van der Waals surface area (Å²) in [5.41, 5.74) is 0. The van der Waals surface area contributed by atoms with Crippen molar-refractivity contribution in [2.75, 3.05) is 19.0 Å². The summed E-state index contributed by atoms with van der Waals surface area (Å²) in [6, 6.07) is 0. The molecule has 0 unspecified atom stereocenters. The lowest BCUT2D eigenvalue weighted by Crippen LogP contribution is -2.29. The van der Waals surface area contributed by atoms with E-state index in [1.165, 1.54) is 76.0 Å². The fraction of sp³-hybridized carbons (Fsp3) is 0.906. The molecule has 0 heterocycles. The number of thioether (sulfide) groups is 1. The summed E-state index contributed by atoms with van der Waals surface area (Å²) < 4.78 is 26.2. The van der Waals surface area contributed by atoms with Gasteiger partial charge in [-0.2, -0.15) is 0 Å². The quantitative estimate of drug-likeness (QED) is 0.0424. The second-order valence-electron chi connectivity index (χ2n) is 11.5. The Labute approximate surface area is 265 Å². The average Bonchev–Trinajstić information content (AvgIpc) is 2.95. The number of carbonyl (C=O) groups is 3. The summed E-state index contributed by atoms with van der Waals surface area (Å²) in [5, 5.41) is 0.182. The maximum Gasteiger partial charge on any atom is 0.469 e. The smallest absolute Gasteiger partial charge is 0.462 e. The maximum atomic E-state index is 12.3. The molecule has 0 radical (unpaired) electrons. The topological polar surface area (TPSA) is 136 Å². The first kappa shape index (κ1) is 42.1. The molecule has 0 aromatic rings. The van der Waals surface area contributed by atoms with E-state index in [0.717, 1.165) is 63.5 Å². The van der Waals surface area contributed by atoms with Gasteiger partial charge < -0.3 is 19.3 Å². The lowest BCUT2D eigenvalue weighted by atomic mass is 10.0. The van der Waals surface area contributed by atoms with Crippen molar-refractivity contribution in [2.45, 2.75) is 168 Å². The van der Waals surface area contributed by atoms with E-state index < -0.39 is 32.5 Å². The molecule has 0 saturated heterocycles. The van der Waals surface area contributed by atoms with Gasteiger partial charge in [-0.05, 0) is 19.3 Å². The van der Waals surface area contributed by atoms with Crippen LogP contribution in [-0.2, 0) is 32.9 Å². The monoisotopic (exact) mass is 652 g/mol. The van der Waals surface area contributed by atoms with Crippen LogP contribution in [0.15, 0.2) is 0 Å². The van der Waals surface area contributed by atoms with Crippen LogP contribution in [0.5, 0.6) is 0 Å². The molecule has 0 spiro atoms. The van der Waals surface area contributed by atoms with E-state index in [4.69, 9.17) is 19.3 Å². The summed E-state index contributed by atoms with van der Waals surface area (Å²) >= 11 is 1.39. The molecule has 0 aromatic carbocycles. The van der Waals surface area contributed by atoms with E-state index in [2.05, 4.69) is 11.4 Å². The third-order valence-electron chi connectivity index (χ3n) is 7.22. The molecule has 0 fully saturated rings. The van der Waals surface area contributed by atoms with Crippen molar-refractivity contribution in [3.63, 3.8) is 0 Å². The first-order chi connectivity index (χ1) is 20.6. The average molecular weight is 653 g/mol. The number of carbonyl (C=O) groups excluding carboxylic acids is 3. The van der Waals surface area contributed by atoms with Crippen molar-refractivity contribution in [3.8, 4) is 0 Å². The van der Waals surface area contributed by atoms with Crippen molar-refractivity contribution in [1.29, 1.82) is 0 Å². The molecule has 0 rings (SSSR count). The minimum absolute atomic E-state index is 0.182. The minimum Gasteiger partial charge on any atom is -0.462 e. The molecule has 0 aliphatic carbocycles. The van der Waals surface area contributed by atoms with Crippen LogP contribution < -0.4 is 0 Å². The summed E-state index contributed by atoms with van der Waals surface area (Å²) in [6.45, 7) is 2.99. The Morgan fingerprint density at radius 2 is 1.05 bits per heavy atom. The Hall–Kier alpha value is -0.930. The number of hydrogen-bond acceptors (Lipinski definition) is 8. The predicted octanol–water partition coefficient (Wildman–Crippen LogP) is 8.82. The van der Waals surface area contributed by atoms with Gasteiger partial charge in [0, 0.05) is 25.5 Å². The molecular weight excluding hydrogens is 591 g/mol. The first-order valence-corrected chi connectivity index (χ1v) is 19.3. The highest BCUT2D eigenvalue weighted by Crippen LogP contribution is 2.36. The van der Waals surface area contributed by atoms with E-state index in [-0.39, 0.29) is 24.6 Å². The van der Waals surface area contributed by atoms with Gasteiger partial charge >= 0.3 is 19.8 Å². The normalized spacial score (nSPS) is 12.3. The van der Waals surface area contributed by atoms with E-state index in [0.29, 0.717) is 12.8 Å². The molecule has 9 nitrogen and oxygen atoms in total. The molecule has 0 aliphatic heterocycles. The van der Waals surface area contributed by atoms with Crippen molar-refractivity contribution in [2.24, 2.45) is 0 Å². The van der Waals surface area contributed by atoms with Gasteiger partial charge in [0.2, 0.25) is 0 Å². The summed E-state index contributed by atoms with van der Waals surface area (Å²) in [4.78, 5) is 53.4. The van der Waals surface area contributed by atoms with Crippen molar-refractivity contribution < 1.29 is 42.7 Å². The Kier molecular flexibility index (Phi) is 29.1. The third-order valence-corrected chi connectivity index (χ3v) is 8.61. The Morgan fingerprint density at radius 1 is 0.628 bits per heavy atom. The Morgan fingerprint density at radius 3 is 1.49 bits per heavy atom. The highest BCUT2D eigenvalue weighted by molar-refractivity contribution is 8.13. The number of phosphoric acid groups is 1. The molecule has 0 aromatic heterocycles. The van der Waals surface area contributed by atoms with Crippen LogP contribution in [0.2, 0.25) is 0 Å². The minimum atomic E-state index is -4.75. The van der Waals surface area contributed by atoms with Crippen LogP contribution in [0.3, 0.4) is 0 Å². The number of rotatable bonds is 31. The molecule has 0 amide bonds. The number of ether oxygens (including phenoxy) is 2. The largest absolute Gasteiger partial charge is 0.469 e. The first-order valence-electron chi connectivity index (χ1n) is 16.8. The standard InChI is InChI=1S/C32H61O9PS/c1-3-4-5-6-7-8-9-10-12-16-19-22-25-32(35)41-30(28-40-42(36,37)38)27-39-31(34)24-21-18-15-13-11-14-17-20-23-26-43-29(2)33/h30H,3-28H2,1-2H3,(H2,36,37,38)/t30-/m1/s1. The molecule has 43 heavy (non-hydrogen) atoms. The molecular formula is C32H61O9PS. The van der Waals surface area contributed by atoms with Crippen molar-refractivity contribution in [1.82, 2.24) is 0 Å². The predicted molar refractivity (Wildman–Crippen MR) is 174 cm³/mol. The van der Waals surface area contributed by atoms with E-state index in [1.807, 2.05) is 0 Å². The molecule has 1 atom stereocenters. The van der Waals surface area contributed by atoms with Gasteiger partial charge in [0.25, 0.3) is 0 Å². The van der Waals surface area contributed by atoms with Gasteiger partial charge in [0.1, 0.15) is 6.61 Å². The molecule has 0 aliphatic rings. The van der Waals surface area contributed by atoms with Crippen LogP contribution >= 0.6 is 19.6 Å². The number of unbranched alkanes of at least 4 members (excludes halogenated alkanes) is 19. The van der Waals surface area contributed by atoms with Gasteiger partial charge in [-0.25, -0.2) is 4.57 Å². The second-order valence-corrected chi connectivity index (χ2v) is 14.0. The number of esters is 2. The van der Waals surface area contributed by atoms with Gasteiger partial charge in [0.15, 0.2) is 11.2 Å². The van der Waals surface area contributed by atoms with Crippen LogP contribution in [0.25, 0.3) is 0 Å². The van der Waals surface area contributed by atoms with Crippen LogP contribution in [0.4, 0.5) is 0 Å². The van der Waals surface area contributed by atoms with Gasteiger partial charge in [-0.3, -0.25) is 18.9 Å². The van der Waals surface area contributed by atoms with Crippen molar-refractivity contribution in [3.05, 3.63) is 0 Å². The third kappa shape index (κ3) is 33.8. The molecule has 11 heteroatoms. The number of phosphoric ester groups is 1. The lowest BCUT2D eigenvalue weighted by Gasteiger charge is -2.18. The zero-order valence-corrected chi connectivity index (χ0v) is 28.8. The Balaban J connectivity index is 3.97. The van der Waals surface area contributed by atoms with Crippen LogP contribution in [0, 0.1) is 0 Å². The molecule has 0 saturated carbocycles. The number of hydrogen-bond donors (Lipinski definition) is 2. The van der Waals surface area contributed by atoms with E-state index in [1.54, 1.807) is 6.92 Å². The van der Waals surface area contributed by atoms with E-state index in [9.17, 15) is 18.9 Å². The summed E-state index contributed by atoms with van der Waals surface area (Å²) in [7, 11) is -4.75. The fourth-order valence-electron chi connectivity index (χ4n) is 4.73. The van der Waals surface area contributed by atoms with Gasteiger partial charge in [-0.15, -0.1) is 0 Å². The zero-order valence-electron chi connectivity index (χ0n) is 27.1. The SMILES string of the molecule is CCCCCCCCCCCCCCC(=O)O[C@H](COC(=O)CCCCCCCCCCCSC(C)=O)COP(=O)(O)O.